The summed E-state index contributed by atoms with van der Waals surface area (Å²) in [6, 6.07) is 15.4. The van der Waals surface area contributed by atoms with E-state index in [9.17, 15) is 9.59 Å². The number of ether oxygens (including phenoxy) is 1. The van der Waals surface area contributed by atoms with Crippen molar-refractivity contribution in [3.8, 4) is 11.8 Å². The Bertz CT molecular complexity index is 801. The highest BCUT2D eigenvalue weighted by Gasteiger charge is 2.02. The zero-order valence-electron chi connectivity index (χ0n) is 12.8. The van der Waals surface area contributed by atoms with Crippen LogP contribution in [0.3, 0.4) is 0 Å². The molecule has 120 valence electrons. The summed E-state index contributed by atoms with van der Waals surface area (Å²) in [4.78, 5) is 22.5. The Balaban J connectivity index is 2.01. The number of nitrogens with zero attached hydrogens (tertiary/aromatic N) is 1. The number of rotatable bonds is 7. The molecule has 5 heteroatoms. The van der Waals surface area contributed by atoms with Crippen LogP contribution in [-0.4, -0.2) is 23.5 Å². The van der Waals surface area contributed by atoms with E-state index in [2.05, 4.69) is 0 Å². The predicted molar refractivity (Wildman–Crippen MR) is 88.7 cm³/mol. The zero-order chi connectivity index (χ0) is 17.4. The number of allylic oxidation sites excluding steroid dienone is 1. The minimum Gasteiger partial charge on any atom is -0.493 e. The van der Waals surface area contributed by atoms with Gasteiger partial charge in [-0.25, -0.2) is 0 Å². The molecule has 1 N–H and O–H groups in total. The first kappa shape index (κ1) is 17.0. The van der Waals surface area contributed by atoms with Crippen molar-refractivity contribution < 1.29 is 19.4 Å². The average Bonchev–Trinajstić information content (AvgIpc) is 2.60. The standard InChI is InChI=1S/C19H15NO4/c20-13-15-4-7-16(8-5-15)18(21)9-6-14-2-1-3-17(12-14)24-11-10-19(22)23/h1-9,12H,10-11H2,(H,22,23)/b9-6-. The Morgan fingerprint density at radius 1 is 1.17 bits per heavy atom. The molecule has 0 aliphatic carbocycles. The van der Waals surface area contributed by atoms with E-state index < -0.39 is 5.97 Å². The Morgan fingerprint density at radius 3 is 2.58 bits per heavy atom. The second kappa shape index (κ2) is 8.30. The molecule has 0 fully saturated rings. The maximum absolute atomic E-state index is 12.1. The Labute approximate surface area is 139 Å². The van der Waals surface area contributed by atoms with Gasteiger partial charge >= 0.3 is 5.97 Å². The molecule has 24 heavy (non-hydrogen) atoms. The first-order chi connectivity index (χ1) is 11.6. The smallest absolute Gasteiger partial charge is 0.306 e. The molecule has 0 atom stereocenters. The van der Waals surface area contributed by atoms with E-state index in [-0.39, 0.29) is 18.8 Å². The lowest BCUT2D eigenvalue weighted by Crippen LogP contribution is -2.04. The number of hydrogen-bond donors (Lipinski definition) is 1. The number of carbonyl (C=O) groups is 2. The summed E-state index contributed by atoms with van der Waals surface area (Å²) in [5.74, 6) is -0.542. The van der Waals surface area contributed by atoms with Gasteiger partial charge in [-0.05, 0) is 48.0 Å². The van der Waals surface area contributed by atoms with Crippen molar-refractivity contribution in [2.45, 2.75) is 6.42 Å². The SMILES string of the molecule is N#Cc1ccc(C(=O)/C=C\c2cccc(OCCC(=O)O)c2)cc1. The monoisotopic (exact) mass is 321 g/mol. The molecule has 0 saturated heterocycles. The number of nitriles is 1. The number of carboxylic acids is 1. The molecule has 0 aromatic heterocycles. The predicted octanol–water partition coefficient (Wildman–Crippen LogP) is 3.31. The van der Waals surface area contributed by atoms with E-state index in [0.717, 1.165) is 5.56 Å². The van der Waals surface area contributed by atoms with E-state index in [1.165, 1.54) is 6.08 Å². The normalized spacial score (nSPS) is 10.3. The van der Waals surface area contributed by atoms with Crippen LogP contribution in [0.2, 0.25) is 0 Å². The van der Waals surface area contributed by atoms with Gasteiger partial charge in [0.1, 0.15) is 5.75 Å². The molecule has 0 radical (unpaired) electrons. The summed E-state index contributed by atoms with van der Waals surface area (Å²) in [6.07, 6.45) is 3.03. The van der Waals surface area contributed by atoms with E-state index in [0.29, 0.717) is 16.9 Å². The fourth-order valence-electron chi connectivity index (χ4n) is 1.94. The van der Waals surface area contributed by atoms with Crippen molar-refractivity contribution in [1.82, 2.24) is 0 Å². The fourth-order valence-corrected chi connectivity index (χ4v) is 1.94. The van der Waals surface area contributed by atoms with E-state index in [1.54, 1.807) is 48.5 Å². The van der Waals surface area contributed by atoms with Crippen molar-refractivity contribution in [3.63, 3.8) is 0 Å². The van der Waals surface area contributed by atoms with Crippen LogP contribution in [0.1, 0.15) is 27.9 Å². The number of ketones is 1. The van der Waals surface area contributed by atoms with Gasteiger partial charge in [-0.15, -0.1) is 0 Å². The molecular formula is C19H15NO4. The third-order valence-electron chi connectivity index (χ3n) is 3.17. The Kier molecular flexibility index (Phi) is 5.87. The Morgan fingerprint density at radius 2 is 1.92 bits per heavy atom. The van der Waals surface area contributed by atoms with Gasteiger partial charge < -0.3 is 9.84 Å². The molecule has 0 amide bonds. The molecule has 0 bridgehead atoms. The summed E-state index contributed by atoms with van der Waals surface area (Å²) in [6.45, 7) is 0.0900. The van der Waals surface area contributed by atoms with Crippen LogP contribution in [0.5, 0.6) is 5.75 Å². The molecule has 5 nitrogen and oxygen atoms in total. The lowest BCUT2D eigenvalue weighted by atomic mass is 10.1. The van der Waals surface area contributed by atoms with Crippen LogP contribution < -0.4 is 4.74 Å². The summed E-state index contributed by atoms with van der Waals surface area (Å²) >= 11 is 0. The van der Waals surface area contributed by atoms with E-state index in [4.69, 9.17) is 15.1 Å². The molecule has 0 spiro atoms. The van der Waals surface area contributed by atoms with Crippen LogP contribution in [0.15, 0.2) is 54.6 Å². The van der Waals surface area contributed by atoms with Crippen LogP contribution in [0, 0.1) is 11.3 Å². The number of aliphatic carboxylic acids is 1. The molecule has 2 aromatic carbocycles. The van der Waals surface area contributed by atoms with Gasteiger partial charge in [-0.3, -0.25) is 9.59 Å². The minimum atomic E-state index is -0.918. The largest absolute Gasteiger partial charge is 0.493 e. The number of carboxylic acid groups (broad SMARTS) is 1. The number of hydrogen-bond acceptors (Lipinski definition) is 4. The molecule has 2 rings (SSSR count). The Hall–Kier alpha value is -3.39. The fraction of sp³-hybridized carbons (Fsp3) is 0.105. The highest BCUT2D eigenvalue weighted by molar-refractivity contribution is 6.06. The van der Waals surface area contributed by atoms with Crippen LogP contribution in [-0.2, 0) is 4.79 Å². The summed E-state index contributed by atoms with van der Waals surface area (Å²) in [5, 5.41) is 17.3. The molecule has 0 saturated carbocycles. The van der Waals surface area contributed by atoms with Crippen molar-refractivity contribution in [2.24, 2.45) is 0 Å². The molecule has 0 unspecified atom stereocenters. The van der Waals surface area contributed by atoms with Gasteiger partial charge in [0.25, 0.3) is 0 Å². The highest BCUT2D eigenvalue weighted by atomic mass is 16.5. The van der Waals surface area contributed by atoms with Gasteiger partial charge in [0, 0.05) is 5.56 Å². The van der Waals surface area contributed by atoms with Gasteiger partial charge in [0.05, 0.1) is 24.7 Å². The first-order valence-corrected chi connectivity index (χ1v) is 7.26. The molecule has 0 heterocycles. The zero-order valence-corrected chi connectivity index (χ0v) is 12.8. The van der Waals surface area contributed by atoms with E-state index in [1.807, 2.05) is 12.1 Å². The van der Waals surface area contributed by atoms with Gasteiger partial charge in [0.15, 0.2) is 5.78 Å². The van der Waals surface area contributed by atoms with Crippen molar-refractivity contribution in [3.05, 3.63) is 71.3 Å². The quantitative estimate of drug-likeness (QED) is 0.624. The van der Waals surface area contributed by atoms with Crippen LogP contribution >= 0.6 is 0 Å². The van der Waals surface area contributed by atoms with Gasteiger partial charge in [-0.2, -0.15) is 5.26 Å². The molecule has 0 aliphatic rings. The highest BCUT2D eigenvalue weighted by Crippen LogP contribution is 2.15. The minimum absolute atomic E-state index is 0.0722. The van der Waals surface area contributed by atoms with Crippen molar-refractivity contribution >= 4 is 17.8 Å². The van der Waals surface area contributed by atoms with E-state index >= 15 is 0 Å². The third kappa shape index (κ3) is 5.11. The molecule has 0 aliphatic heterocycles. The number of benzene rings is 2. The summed E-state index contributed by atoms with van der Waals surface area (Å²) in [7, 11) is 0. The maximum atomic E-state index is 12.1. The van der Waals surface area contributed by atoms with Crippen molar-refractivity contribution in [1.29, 1.82) is 5.26 Å². The second-order valence-electron chi connectivity index (χ2n) is 4.95. The summed E-state index contributed by atoms with van der Waals surface area (Å²) in [5.41, 5.74) is 1.77. The van der Waals surface area contributed by atoms with Crippen molar-refractivity contribution in [2.75, 3.05) is 6.61 Å². The lowest BCUT2D eigenvalue weighted by molar-refractivity contribution is -0.137. The average molecular weight is 321 g/mol. The third-order valence-corrected chi connectivity index (χ3v) is 3.17. The lowest BCUT2D eigenvalue weighted by Gasteiger charge is -2.05. The van der Waals surface area contributed by atoms with Gasteiger partial charge in [0.2, 0.25) is 0 Å². The molecular weight excluding hydrogens is 306 g/mol. The number of carbonyl (C=O) groups excluding carboxylic acids is 1. The first-order valence-electron chi connectivity index (χ1n) is 7.26. The maximum Gasteiger partial charge on any atom is 0.306 e. The van der Waals surface area contributed by atoms with Crippen LogP contribution in [0.25, 0.3) is 6.08 Å². The van der Waals surface area contributed by atoms with Gasteiger partial charge in [-0.1, -0.05) is 18.2 Å². The topological polar surface area (TPSA) is 87.4 Å². The molecule has 2 aromatic rings. The second-order valence-corrected chi connectivity index (χ2v) is 4.95. The van der Waals surface area contributed by atoms with Crippen LogP contribution in [0.4, 0.5) is 0 Å². The summed E-state index contributed by atoms with van der Waals surface area (Å²) < 4.78 is 5.34.